The van der Waals surface area contributed by atoms with Crippen LogP contribution >= 0.6 is 0 Å². The maximum absolute atomic E-state index is 12.2. The fourth-order valence-electron chi connectivity index (χ4n) is 3.26. The molecule has 0 bridgehead atoms. The Bertz CT molecular complexity index is 554. The number of unbranched alkanes of at least 4 members (excludes halogenated alkanes) is 3. The van der Waals surface area contributed by atoms with Crippen LogP contribution in [0.5, 0.6) is 0 Å². The van der Waals surface area contributed by atoms with Crippen molar-refractivity contribution in [3.05, 3.63) is 29.8 Å². The van der Waals surface area contributed by atoms with Crippen LogP contribution in [0.1, 0.15) is 63.4 Å². The molecular weight excluding hydrogens is 314 g/mol. The predicted octanol–water partition coefficient (Wildman–Crippen LogP) is 3.34. The number of hydrogen-bond donors (Lipinski definition) is 3. The van der Waals surface area contributed by atoms with Crippen molar-refractivity contribution in [2.75, 3.05) is 11.9 Å². The number of nitrogens with one attached hydrogen (secondary N) is 2. The smallest absolute Gasteiger partial charge is 0.227 e. The number of rotatable bonds is 10. The lowest BCUT2D eigenvalue weighted by Crippen LogP contribution is -2.23. The SMILES string of the molecule is NCCCCCCC(=O)NCc1cccc(NC(=O)C2CCCC2)c1. The number of carbonyl (C=O) groups is 2. The molecule has 0 aromatic heterocycles. The highest BCUT2D eigenvalue weighted by Gasteiger charge is 2.22. The van der Waals surface area contributed by atoms with Gasteiger partial charge in [0.1, 0.15) is 0 Å². The minimum atomic E-state index is 0.0770. The van der Waals surface area contributed by atoms with E-state index in [-0.39, 0.29) is 17.7 Å². The van der Waals surface area contributed by atoms with E-state index in [1.165, 1.54) is 0 Å². The van der Waals surface area contributed by atoms with Gasteiger partial charge >= 0.3 is 0 Å². The summed E-state index contributed by atoms with van der Waals surface area (Å²) in [7, 11) is 0. The van der Waals surface area contributed by atoms with Crippen molar-refractivity contribution in [3.63, 3.8) is 0 Å². The summed E-state index contributed by atoms with van der Waals surface area (Å²) in [6.07, 6.45) is 8.92. The molecular formula is C20H31N3O2. The number of anilines is 1. The molecule has 5 nitrogen and oxygen atoms in total. The van der Waals surface area contributed by atoms with Gasteiger partial charge in [0.2, 0.25) is 11.8 Å². The van der Waals surface area contributed by atoms with Gasteiger partial charge in [-0.05, 0) is 49.9 Å². The molecule has 0 unspecified atom stereocenters. The summed E-state index contributed by atoms with van der Waals surface area (Å²) in [6.45, 7) is 1.22. The Morgan fingerprint density at radius 1 is 1.08 bits per heavy atom. The standard InChI is InChI=1S/C20H31N3O2/c21-13-6-2-1-3-12-19(24)22-15-16-8-7-11-18(14-16)23-20(25)17-9-4-5-10-17/h7-8,11,14,17H,1-6,9-10,12-13,15,21H2,(H,22,24)(H,23,25). The van der Waals surface area contributed by atoms with Crippen molar-refractivity contribution in [1.29, 1.82) is 0 Å². The van der Waals surface area contributed by atoms with Gasteiger partial charge < -0.3 is 16.4 Å². The molecule has 4 N–H and O–H groups in total. The third kappa shape index (κ3) is 7.26. The van der Waals surface area contributed by atoms with Crippen LogP contribution in [0.4, 0.5) is 5.69 Å². The van der Waals surface area contributed by atoms with Crippen molar-refractivity contribution in [1.82, 2.24) is 5.32 Å². The predicted molar refractivity (Wildman–Crippen MR) is 101 cm³/mol. The van der Waals surface area contributed by atoms with Crippen molar-refractivity contribution in [2.24, 2.45) is 11.7 Å². The van der Waals surface area contributed by atoms with Crippen molar-refractivity contribution in [2.45, 2.75) is 64.3 Å². The molecule has 2 rings (SSSR count). The summed E-state index contributed by atoms with van der Waals surface area (Å²) in [4.78, 5) is 24.1. The minimum absolute atomic E-state index is 0.0770. The second-order valence-corrected chi connectivity index (χ2v) is 6.90. The highest BCUT2D eigenvalue weighted by Crippen LogP contribution is 2.26. The summed E-state index contributed by atoms with van der Waals surface area (Å²) in [5, 5.41) is 5.95. The van der Waals surface area contributed by atoms with E-state index in [0.29, 0.717) is 13.0 Å². The van der Waals surface area contributed by atoms with Crippen molar-refractivity contribution >= 4 is 17.5 Å². The fraction of sp³-hybridized carbons (Fsp3) is 0.600. The van der Waals surface area contributed by atoms with Gasteiger partial charge in [-0.25, -0.2) is 0 Å². The monoisotopic (exact) mass is 345 g/mol. The van der Waals surface area contributed by atoms with Crippen LogP contribution in [0, 0.1) is 5.92 Å². The Balaban J connectivity index is 1.71. The van der Waals surface area contributed by atoms with Crippen LogP contribution in [0.3, 0.4) is 0 Å². The molecule has 0 heterocycles. The lowest BCUT2D eigenvalue weighted by Gasteiger charge is -2.12. The van der Waals surface area contributed by atoms with E-state index in [1.807, 2.05) is 24.3 Å². The molecule has 1 aliphatic rings. The lowest BCUT2D eigenvalue weighted by atomic mass is 10.1. The molecule has 5 heteroatoms. The third-order valence-electron chi connectivity index (χ3n) is 4.77. The summed E-state index contributed by atoms with van der Waals surface area (Å²) in [6, 6.07) is 7.72. The van der Waals surface area contributed by atoms with Crippen molar-refractivity contribution in [3.8, 4) is 0 Å². The van der Waals surface area contributed by atoms with Crippen LogP contribution in [-0.4, -0.2) is 18.4 Å². The second-order valence-electron chi connectivity index (χ2n) is 6.90. The summed E-state index contributed by atoms with van der Waals surface area (Å²) in [5.41, 5.74) is 7.27. The second kappa shape index (κ2) is 10.9. The first-order valence-electron chi connectivity index (χ1n) is 9.55. The van der Waals surface area contributed by atoms with E-state index < -0.39 is 0 Å². The van der Waals surface area contributed by atoms with E-state index in [2.05, 4.69) is 10.6 Å². The minimum Gasteiger partial charge on any atom is -0.352 e. The quantitative estimate of drug-likeness (QED) is 0.569. The van der Waals surface area contributed by atoms with E-state index in [4.69, 9.17) is 5.73 Å². The van der Waals surface area contributed by atoms with Crippen LogP contribution in [0.15, 0.2) is 24.3 Å². The maximum Gasteiger partial charge on any atom is 0.227 e. The Hall–Kier alpha value is -1.88. The molecule has 25 heavy (non-hydrogen) atoms. The first-order chi connectivity index (χ1) is 12.2. The zero-order chi connectivity index (χ0) is 17.9. The topological polar surface area (TPSA) is 84.2 Å². The summed E-state index contributed by atoms with van der Waals surface area (Å²) >= 11 is 0. The van der Waals surface area contributed by atoms with Gasteiger partial charge in [-0.3, -0.25) is 9.59 Å². The summed E-state index contributed by atoms with van der Waals surface area (Å²) < 4.78 is 0. The Kier molecular flexibility index (Phi) is 8.46. The maximum atomic E-state index is 12.2. The van der Waals surface area contributed by atoms with Crippen LogP contribution in [-0.2, 0) is 16.1 Å². The highest BCUT2D eigenvalue weighted by molar-refractivity contribution is 5.92. The molecule has 1 saturated carbocycles. The average Bonchev–Trinajstić information content (AvgIpc) is 3.15. The number of nitrogens with two attached hydrogens (primary N) is 1. The van der Waals surface area contributed by atoms with Gasteiger partial charge in [-0.2, -0.15) is 0 Å². The van der Waals surface area contributed by atoms with Gasteiger partial charge in [0.15, 0.2) is 0 Å². The third-order valence-corrected chi connectivity index (χ3v) is 4.77. The molecule has 0 spiro atoms. The lowest BCUT2D eigenvalue weighted by molar-refractivity contribution is -0.121. The average molecular weight is 345 g/mol. The van der Waals surface area contributed by atoms with E-state index in [1.54, 1.807) is 0 Å². The molecule has 2 amide bonds. The molecule has 1 aliphatic carbocycles. The molecule has 1 fully saturated rings. The summed E-state index contributed by atoms with van der Waals surface area (Å²) in [5.74, 6) is 0.354. The van der Waals surface area contributed by atoms with E-state index in [9.17, 15) is 9.59 Å². The largest absolute Gasteiger partial charge is 0.352 e. The first-order valence-corrected chi connectivity index (χ1v) is 9.55. The van der Waals surface area contributed by atoms with E-state index in [0.717, 1.165) is 69.2 Å². The molecule has 0 aliphatic heterocycles. The molecule has 1 aromatic rings. The Labute approximate surface area is 150 Å². The van der Waals surface area contributed by atoms with Crippen LogP contribution in [0.2, 0.25) is 0 Å². The van der Waals surface area contributed by atoms with E-state index >= 15 is 0 Å². The molecule has 0 radical (unpaired) electrons. The molecule has 138 valence electrons. The zero-order valence-electron chi connectivity index (χ0n) is 15.1. The normalized spacial score (nSPS) is 14.4. The number of carbonyl (C=O) groups excluding carboxylic acids is 2. The van der Waals surface area contributed by atoms with Crippen LogP contribution < -0.4 is 16.4 Å². The Morgan fingerprint density at radius 3 is 2.60 bits per heavy atom. The number of hydrogen-bond acceptors (Lipinski definition) is 3. The van der Waals surface area contributed by atoms with Gasteiger partial charge in [0, 0.05) is 24.6 Å². The molecule has 0 saturated heterocycles. The van der Waals surface area contributed by atoms with Gasteiger partial charge in [0.05, 0.1) is 0 Å². The molecule has 1 aromatic carbocycles. The van der Waals surface area contributed by atoms with Crippen LogP contribution in [0.25, 0.3) is 0 Å². The number of benzene rings is 1. The first kappa shape index (κ1) is 19.4. The zero-order valence-corrected chi connectivity index (χ0v) is 15.1. The molecule has 0 atom stereocenters. The van der Waals surface area contributed by atoms with Gasteiger partial charge in [0.25, 0.3) is 0 Å². The number of amides is 2. The van der Waals surface area contributed by atoms with Gasteiger partial charge in [-0.15, -0.1) is 0 Å². The Morgan fingerprint density at radius 2 is 1.84 bits per heavy atom. The fourth-order valence-corrected chi connectivity index (χ4v) is 3.26. The van der Waals surface area contributed by atoms with Gasteiger partial charge in [-0.1, -0.05) is 37.8 Å². The van der Waals surface area contributed by atoms with Crippen molar-refractivity contribution < 1.29 is 9.59 Å². The highest BCUT2D eigenvalue weighted by atomic mass is 16.2.